The Morgan fingerprint density at radius 3 is 2.44 bits per heavy atom. The lowest BCUT2D eigenvalue weighted by Crippen LogP contribution is -2.20. The summed E-state index contributed by atoms with van der Waals surface area (Å²) >= 11 is 0. The van der Waals surface area contributed by atoms with Gasteiger partial charge in [-0.2, -0.15) is 0 Å². The Morgan fingerprint density at radius 2 is 1.76 bits per heavy atom. The maximum absolute atomic E-state index is 12.5. The van der Waals surface area contributed by atoms with Crippen LogP contribution in [-0.4, -0.2) is 19.6 Å². The van der Waals surface area contributed by atoms with Gasteiger partial charge in [0.15, 0.2) is 6.61 Å². The fraction of sp³-hybridized carbons (Fsp3) is 0.111. The third kappa shape index (κ3) is 3.72. The molecule has 2 N–H and O–H groups in total. The van der Waals surface area contributed by atoms with Crippen LogP contribution in [0.2, 0.25) is 0 Å². The Kier molecular flexibility index (Phi) is 4.56. The van der Waals surface area contributed by atoms with Gasteiger partial charge in [0.25, 0.3) is 5.91 Å². The normalized spacial score (nSPS) is 10.4. The number of hydrogen-bond acceptors (Lipinski definition) is 6. The van der Waals surface area contributed by atoms with E-state index in [1.54, 1.807) is 43.5 Å². The molecule has 0 spiro atoms. The number of nitrogens with two attached hydrogens (primary N) is 1. The molecule has 0 aliphatic carbocycles. The van der Waals surface area contributed by atoms with Crippen molar-refractivity contribution in [3.05, 3.63) is 59.0 Å². The highest BCUT2D eigenvalue weighted by Gasteiger charge is 2.10. The summed E-state index contributed by atoms with van der Waals surface area (Å²) < 4.78 is 21.3. The van der Waals surface area contributed by atoms with Gasteiger partial charge >= 0.3 is 0 Å². The van der Waals surface area contributed by atoms with Crippen LogP contribution in [0.1, 0.15) is 0 Å². The molecular formula is C18H15NO6. The first-order valence-corrected chi connectivity index (χ1v) is 7.35. The average molecular weight is 341 g/mol. The largest absolute Gasteiger partial charge is 0.497 e. The van der Waals surface area contributed by atoms with Gasteiger partial charge in [0.2, 0.25) is 11.2 Å². The molecule has 2 aromatic carbocycles. The van der Waals surface area contributed by atoms with E-state index in [0.717, 1.165) is 0 Å². The zero-order chi connectivity index (χ0) is 17.8. The topological polar surface area (TPSA) is 101 Å². The van der Waals surface area contributed by atoms with Gasteiger partial charge in [-0.15, -0.1) is 0 Å². The number of carbonyl (C=O) groups excluding carboxylic acids is 1. The third-order valence-electron chi connectivity index (χ3n) is 3.38. The van der Waals surface area contributed by atoms with Crippen molar-refractivity contribution >= 4 is 16.9 Å². The molecule has 1 heterocycles. The second-order valence-corrected chi connectivity index (χ2v) is 5.12. The van der Waals surface area contributed by atoms with Crippen LogP contribution >= 0.6 is 0 Å². The highest BCUT2D eigenvalue weighted by atomic mass is 16.5. The van der Waals surface area contributed by atoms with Crippen molar-refractivity contribution in [1.82, 2.24) is 0 Å². The second-order valence-electron chi connectivity index (χ2n) is 5.12. The molecule has 0 radical (unpaired) electrons. The van der Waals surface area contributed by atoms with Crippen molar-refractivity contribution in [1.29, 1.82) is 0 Å². The standard InChI is InChI=1S/C18H15NO6/c1-22-11-2-4-12(5-3-11)25-16-9-24-15-8-13(23-10-17(19)20)6-7-14(15)18(16)21/h2-9H,10H2,1H3,(H2,19,20). The molecule has 1 amide bonds. The van der Waals surface area contributed by atoms with Gasteiger partial charge in [0.05, 0.1) is 12.5 Å². The molecule has 0 unspecified atom stereocenters. The molecule has 128 valence electrons. The summed E-state index contributed by atoms with van der Waals surface area (Å²) in [6, 6.07) is 11.4. The number of ether oxygens (including phenoxy) is 3. The SMILES string of the molecule is COc1ccc(Oc2coc3cc(OCC(N)=O)ccc3c2=O)cc1. The van der Waals surface area contributed by atoms with Crippen LogP contribution in [0.25, 0.3) is 11.0 Å². The van der Waals surface area contributed by atoms with E-state index < -0.39 is 5.91 Å². The molecule has 0 aliphatic rings. The van der Waals surface area contributed by atoms with Crippen LogP contribution in [-0.2, 0) is 4.79 Å². The molecule has 3 aromatic rings. The first kappa shape index (κ1) is 16.4. The third-order valence-corrected chi connectivity index (χ3v) is 3.38. The number of rotatable bonds is 6. The minimum Gasteiger partial charge on any atom is -0.497 e. The molecule has 7 heteroatoms. The summed E-state index contributed by atoms with van der Waals surface area (Å²) in [4.78, 5) is 23.3. The van der Waals surface area contributed by atoms with Crippen LogP contribution in [0.5, 0.6) is 23.0 Å². The number of amides is 1. The molecule has 3 rings (SSSR count). The fourth-order valence-electron chi connectivity index (χ4n) is 2.18. The highest BCUT2D eigenvalue weighted by Crippen LogP contribution is 2.25. The van der Waals surface area contributed by atoms with Crippen molar-refractivity contribution in [2.45, 2.75) is 0 Å². The Bertz CT molecular complexity index is 961. The molecule has 0 atom stereocenters. The minimum absolute atomic E-state index is 0.0588. The maximum atomic E-state index is 12.5. The predicted octanol–water partition coefficient (Wildman–Crippen LogP) is 2.46. The second kappa shape index (κ2) is 6.96. The van der Waals surface area contributed by atoms with Crippen molar-refractivity contribution < 1.29 is 23.4 Å². The molecule has 25 heavy (non-hydrogen) atoms. The van der Waals surface area contributed by atoms with Crippen molar-refractivity contribution in [2.75, 3.05) is 13.7 Å². The van der Waals surface area contributed by atoms with E-state index in [0.29, 0.717) is 28.2 Å². The number of carbonyl (C=O) groups is 1. The van der Waals surface area contributed by atoms with E-state index in [1.165, 1.54) is 12.3 Å². The highest BCUT2D eigenvalue weighted by molar-refractivity contribution is 5.79. The van der Waals surface area contributed by atoms with Crippen LogP contribution in [0, 0.1) is 0 Å². The molecule has 7 nitrogen and oxygen atoms in total. The minimum atomic E-state index is -0.593. The predicted molar refractivity (Wildman–Crippen MR) is 90.2 cm³/mol. The summed E-state index contributed by atoms with van der Waals surface area (Å²) in [6.45, 7) is -0.256. The van der Waals surface area contributed by atoms with Gasteiger partial charge in [-0.3, -0.25) is 9.59 Å². The maximum Gasteiger partial charge on any atom is 0.255 e. The summed E-state index contributed by atoms with van der Waals surface area (Å²) in [5.74, 6) is 1.00. The quantitative estimate of drug-likeness (QED) is 0.739. The van der Waals surface area contributed by atoms with Crippen LogP contribution in [0.4, 0.5) is 0 Å². The lowest BCUT2D eigenvalue weighted by molar-refractivity contribution is -0.119. The van der Waals surface area contributed by atoms with E-state index in [4.69, 9.17) is 24.4 Å². The lowest BCUT2D eigenvalue weighted by Gasteiger charge is -2.07. The van der Waals surface area contributed by atoms with Crippen molar-refractivity contribution in [3.63, 3.8) is 0 Å². The Balaban J connectivity index is 1.87. The van der Waals surface area contributed by atoms with Gasteiger partial charge in [0.1, 0.15) is 29.1 Å². The molecule has 0 saturated carbocycles. The molecule has 0 saturated heterocycles. The van der Waals surface area contributed by atoms with Gasteiger partial charge in [-0.25, -0.2) is 0 Å². The Labute approximate surface area is 142 Å². The summed E-state index contributed by atoms with van der Waals surface area (Å²) in [5.41, 5.74) is 5.02. The number of fused-ring (bicyclic) bond motifs is 1. The van der Waals surface area contributed by atoms with E-state index >= 15 is 0 Å². The average Bonchev–Trinajstić information content (AvgIpc) is 2.63. The Morgan fingerprint density at radius 1 is 1.08 bits per heavy atom. The van der Waals surface area contributed by atoms with E-state index in [1.807, 2.05) is 0 Å². The summed E-state index contributed by atoms with van der Waals surface area (Å²) in [5, 5.41) is 0.331. The smallest absolute Gasteiger partial charge is 0.255 e. The Hall–Kier alpha value is -3.48. The molecule has 1 aromatic heterocycles. The van der Waals surface area contributed by atoms with Crippen molar-refractivity contribution in [2.24, 2.45) is 5.73 Å². The van der Waals surface area contributed by atoms with Gasteiger partial charge in [-0.05, 0) is 36.4 Å². The number of hydrogen-bond donors (Lipinski definition) is 1. The van der Waals surface area contributed by atoms with Crippen LogP contribution in [0.15, 0.2) is 57.9 Å². The van der Waals surface area contributed by atoms with E-state index in [9.17, 15) is 9.59 Å². The number of methoxy groups -OCH3 is 1. The van der Waals surface area contributed by atoms with Crippen molar-refractivity contribution in [3.8, 4) is 23.0 Å². The molecule has 0 aliphatic heterocycles. The van der Waals surface area contributed by atoms with E-state index in [2.05, 4.69) is 0 Å². The van der Waals surface area contributed by atoms with Crippen LogP contribution < -0.4 is 25.4 Å². The summed E-state index contributed by atoms with van der Waals surface area (Å²) in [7, 11) is 1.56. The zero-order valence-electron chi connectivity index (χ0n) is 13.4. The molecule has 0 fully saturated rings. The summed E-state index contributed by atoms with van der Waals surface area (Å²) in [6.07, 6.45) is 1.23. The fourth-order valence-corrected chi connectivity index (χ4v) is 2.18. The zero-order valence-corrected chi connectivity index (χ0v) is 13.4. The lowest BCUT2D eigenvalue weighted by atomic mass is 10.2. The van der Waals surface area contributed by atoms with E-state index in [-0.39, 0.29) is 17.8 Å². The molecule has 0 bridgehead atoms. The first-order valence-electron chi connectivity index (χ1n) is 7.35. The van der Waals surface area contributed by atoms with Gasteiger partial charge in [0, 0.05) is 6.07 Å². The number of primary amides is 1. The first-order chi connectivity index (χ1) is 12.1. The monoisotopic (exact) mass is 341 g/mol. The molecular weight excluding hydrogens is 326 g/mol. The van der Waals surface area contributed by atoms with Gasteiger partial charge < -0.3 is 24.4 Å². The van der Waals surface area contributed by atoms with Crippen LogP contribution in [0.3, 0.4) is 0 Å². The number of benzene rings is 2. The van der Waals surface area contributed by atoms with Gasteiger partial charge in [-0.1, -0.05) is 0 Å².